The topological polar surface area (TPSA) is 98.5 Å². The minimum absolute atomic E-state index is 0.215. The van der Waals surface area contributed by atoms with Crippen molar-refractivity contribution in [3.05, 3.63) is 10.4 Å². The molecule has 96 valence electrons. The molecule has 0 aromatic rings. The molecule has 0 spiro atoms. The summed E-state index contributed by atoms with van der Waals surface area (Å²) in [7, 11) is 0. The molecule has 1 saturated heterocycles. The van der Waals surface area contributed by atoms with Gasteiger partial charge in [-0.15, -0.1) is 0 Å². The number of nitrogens with zero attached hydrogens (tertiary/aromatic N) is 4. The van der Waals surface area contributed by atoms with Gasteiger partial charge in [0, 0.05) is 18.0 Å². The molecular formula is C10H18N4O3. The predicted octanol–water partition coefficient (Wildman–Crippen LogP) is 1.67. The third-order valence-electron chi connectivity index (χ3n) is 2.27. The fourth-order valence-electron chi connectivity index (χ4n) is 1.68. The van der Waals surface area contributed by atoms with E-state index in [-0.39, 0.29) is 13.1 Å². The van der Waals surface area contributed by atoms with Crippen molar-refractivity contribution in [1.29, 1.82) is 0 Å². The first kappa shape index (κ1) is 13.6. The Bertz CT molecular complexity index is 333. The SMILES string of the molecule is CC(C)(C)OC(=O)N1CC(N=[N+]=[N-])C[C@@H](O)C1. The molecule has 0 aliphatic carbocycles. The van der Waals surface area contributed by atoms with Crippen molar-refractivity contribution in [3.63, 3.8) is 0 Å². The maximum Gasteiger partial charge on any atom is 0.410 e. The zero-order valence-corrected chi connectivity index (χ0v) is 10.3. The van der Waals surface area contributed by atoms with Crippen molar-refractivity contribution >= 4 is 6.09 Å². The third kappa shape index (κ3) is 4.50. The first-order chi connectivity index (χ1) is 7.81. The quantitative estimate of drug-likeness (QED) is 0.430. The second kappa shape index (κ2) is 5.25. The average Bonchev–Trinajstić information content (AvgIpc) is 2.14. The van der Waals surface area contributed by atoms with Crippen LogP contribution in [0, 0.1) is 0 Å². The molecule has 0 saturated carbocycles. The molecule has 2 atom stereocenters. The zero-order valence-electron chi connectivity index (χ0n) is 10.3. The Labute approximate surface area is 100.0 Å². The molecule has 17 heavy (non-hydrogen) atoms. The number of hydrogen-bond donors (Lipinski definition) is 1. The van der Waals surface area contributed by atoms with E-state index in [1.165, 1.54) is 4.90 Å². The first-order valence-corrected chi connectivity index (χ1v) is 5.52. The van der Waals surface area contributed by atoms with Crippen molar-refractivity contribution in [3.8, 4) is 0 Å². The molecule has 1 fully saturated rings. The maximum atomic E-state index is 11.8. The molecule has 0 radical (unpaired) electrons. The number of ether oxygens (including phenoxy) is 1. The lowest BCUT2D eigenvalue weighted by molar-refractivity contribution is 0.000533. The van der Waals surface area contributed by atoms with Gasteiger partial charge in [-0.2, -0.15) is 0 Å². The van der Waals surface area contributed by atoms with Gasteiger partial charge in [-0.1, -0.05) is 5.11 Å². The van der Waals surface area contributed by atoms with Crippen molar-refractivity contribution in [2.24, 2.45) is 5.11 Å². The van der Waals surface area contributed by atoms with Gasteiger partial charge in [0.15, 0.2) is 0 Å². The van der Waals surface area contributed by atoms with Crippen LogP contribution in [0.25, 0.3) is 10.4 Å². The Morgan fingerprint density at radius 2 is 2.18 bits per heavy atom. The lowest BCUT2D eigenvalue weighted by Gasteiger charge is -2.34. The number of β-amino-alcohol motifs (C(OH)–C–C–N with tert-alkyl or cyclic N) is 1. The van der Waals surface area contributed by atoms with E-state index in [9.17, 15) is 9.90 Å². The molecule has 1 N–H and O–H groups in total. The van der Waals surface area contributed by atoms with Crippen molar-refractivity contribution in [2.75, 3.05) is 13.1 Å². The highest BCUT2D eigenvalue weighted by Gasteiger charge is 2.31. The van der Waals surface area contributed by atoms with E-state index in [1.807, 2.05) is 0 Å². The molecule has 0 bridgehead atoms. The molecule has 7 heteroatoms. The second-order valence-corrected chi connectivity index (χ2v) is 5.13. The number of rotatable bonds is 1. The molecule has 7 nitrogen and oxygen atoms in total. The van der Waals surface area contributed by atoms with Crippen LogP contribution < -0.4 is 0 Å². The van der Waals surface area contributed by atoms with Crippen molar-refractivity contribution in [2.45, 2.75) is 44.9 Å². The molecule has 1 heterocycles. The van der Waals surface area contributed by atoms with Gasteiger partial charge in [-0.25, -0.2) is 4.79 Å². The molecule has 1 aliphatic rings. The number of aliphatic hydroxyl groups is 1. The van der Waals surface area contributed by atoms with Gasteiger partial charge in [0.25, 0.3) is 0 Å². The van der Waals surface area contributed by atoms with Gasteiger partial charge in [0.1, 0.15) is 5.60 Å². The minimum Gasteiger partial charge on any atom is -0.444 e. The van der Waals surface area contributed by atoms with E-state index in [4.69, 9.17) is 10.3 Å². The Morgan fingerprint density at radius 3 is 2.71 bits per heavy atom. The summed E-state index contributed by atoms with van der Waals surface area (Å²) in [6.07, 6.45) is -0.787. The van der Waals surface area contributed by atoms with Gasteiger partial charge >= 0.3 is 6.09 Å². The van der Waals surface area contributed by atoms with E-state index in [2.05, 4.69) is 10.0 Å². The van der Waals surface area contributed by atoms with Gasteiger partial charge in [0.05, 0.1) is 12.1 Å². The van der Waals surface area contributed by atoms with Crippen LogP contribution in [0.5, 0.6) is 0 Å². The number of carbonyl (C=O) groups is 1. The van der Waals surface area contributed by atoms with Crippen LogP contribution in [-0.4, -0.2) is 46.9 Å². The molecule has 0 aromatic heterocycles. The molecule has 1 unspecified atom stereocenters. The molecular weight excluding hydrogens is 224 g/mol. The standard InChI is InChI=1S/C10H18N4O3/c1-10(2,3)17-9(16)14-5-7(12-13-11)4-8(15)6-14/h7-8,15H,4-6H2,1-3H3/t7?,8-/m1/s1. The monoisotopic (exact) mass is 242 g/mol. The summed E-state index contributed by atoms with van der Waals surface area (Å²) < 4.78 is 5.19. The third-order valence-corrected chi connectivity index (χ3v) is 2.27. The predicted molar refractivity (Wildman–Crippen MR) is 61.4 cm³/mol. The summed E-state index contributed by atoms with van der Waals surface area (Å²) in [5, 5.41) is 13.1. The Kier molecular flexibility index (Phi) is 4.20. The highest BCUT2D eigenvalue weighted by molar-refractivity contribution is 5.68. The molecule has 1 rings (SSSR count). The van der Waals surface area contributed by atoms with Gasteiger partial charge in [-0.3, -0.25) is 0 Å². The first-order valence-electron chi connectivity index (χ1n) is 5.52. The number of likely N-dealkylation sites (tertiary alicyclic amines) is 1. The summed E-state index contributed by atoms with van der Waals surface area (Å²) >= 11 is 0. The van der Waals surface area contributed by atoms with Crippen LogP contribution in [-0.2, 0) is 4.74 Å². The number of hydrogen-bond acceptors (Lipinski definition) is 4. The van der Waals surface area contributed by atoms with E-state index < -0.39 is 23.8 Å². The number of piperidine rings is 1. The molecule has 0 aromatic carbocycles. The molecule has 1 amide bonds. The van der Waals surface area contributed by atoms with E-state index in [0.717, 1.165) is 0 Å². The number of azide groups is 1. The Hall–Kier alpha value is -1.46. The van der Waals surface area contributed by atoms with E-state index >= 15 is 0 Å². The van der Waals surface area contributed by atoms with Crippen LogP contribution in [0.1, 0.15) is 27.2 Å². The minimum atomic E-state index is -0.674. The summed E-state index contributed by atoms with van der Waals surface area (Å²) in [4.78, 5) is 15.8. The van der Waals surface area contributed by atoms with Gasteiger partial charge in [0.2, 0.25) is 0 Å². The lowest BCUT2D eigenvalue weighted by atomic mass is 10.0. The smallest absolute Gasteiger partial charge is 0.410 e. The fourth-order valence-corrected chi connectivity index (χ4v) is 1.68. The summed E-state index contributed by atoms with van der Waals surface area (Å²) in [6.45, 7) is 5.82. The summed E-state index contributed by atoms with van der Waals surface area (Å²) in [6, 6.07) is -0.392. The average molecular weight is 242 g/mol. The van der Waals surface area contributed by atoms with E-state index in [0.29, 0.717) is 6.42 Å². The zero-order chi connectivity index (χ0) is 13.1. The van der Waals surface area contributed by atoms with Crippen molar-refractivity contribution < 1.29 is 14.6 Å². The summed E-state index contributed by atoms with van der Waals surface area (Å²) in [5.41, 5.74) is 7.78. The Balaban J connectivity index is 2.64. The largest absolute Gasteiger partial charge is 0.444 e. The van der Waals surface area contributed by atoms with Crippen molar-refractivity contribution in [1.82, 2.24) is 4.90 Å². The molecule has 1 aliphatic heterocycles. The van der Waals surface area contributed by atoms with Gasteiger partial charge < -0.3 is 14.7 Å². The highest BCUT2D eigenvalue weighted by atomic mass is 16.6. The fraction of sp³-hybridized carbons (Fsp3) is 0.900. The maximum absolute atomic E-state index is 11.8. The number of carbonyl (C=O) groups excluding carboxylic acids is 1. The van der Waals surface area contributed by atoms with Gasteiger partial charge in [-0.05, 0) is 32.7 Å². The normalized spacial score (nSPS) is 25.1. The van der Waals surface area contributed by atoms with E-state index in [1.54, 1.807) is 20.8 Å². The van der Waals surface area contributed by atoms with Crippen LogP contribution in [0.3, 0.4) is 0 Å². The lowest BCUT2D eigenvalue weighted by Crippen LogP contribution is -2.49. The van der Waals surface area contributed by atoms with Crippen LogP contribution in [0.2, 0.25) is 0 Å². The van der Waals surface area contributed by atoms with Crippen LogP contribution in [0.15, 0.2) is 5.11 Å². The summed E-state index contributed by atoms with van der Waals surface area (Å²) in [5.74, 6) is 0. The van der Waals surface area contributed by atoms with Crippen LogP contribution in [0.4, 0.5) is 4.79 Å². The second-order valence-electron chi connectivity index (χ2n) is 5.13. The number of aliphatic hydroxyl groups excluding tert-OH is 1. The number of amides is 1. The highest BCUT2D eigenvalue weighted by Crippen LogP contribution is 2.17. The Morgan fingerprint density at radius 1 is 1.53 bits per heavy atom. The van der Waals surface area contributed by atoms with Crippen LogP contribution >= 0.6 is 0 Å².